The minimum atomic E-state index is -4.26. The molecule has 0 aliphatic carbocycles. The van der Waals surface area contributed by atoms with Crippen LogP contribution in [0.15, 0.2) is 0 Å². The van der Waals surface area contributed by atoms with Crippen LogP contribution in [0.4, 0.5) is 0 Å². The van der Waals surface area contributed by atoms with E-state index >= 15 is 0 Å². The van der Waals surface area contributed by atoms with Crippen molar-refractivity contribution in [3.05, 3.63) is 0 Å². The third-order valence-corrected chi connectivity index (χ3v) is 1.04. The Kier molecular flexibility index (Phi) is 6.55. The van der Waals surface area contributed by atoms with Crippen LogP contribution in [-0.2, 0) is 24.5 Å². The van der Waals surface area contributed by atoms with Gasteiger partial charge in [0.15, 0.2) is 0 Å². The Morgan fingerprint density at radius 2 is 1.71 bits per heavy atom. The van der Waals surface area contributed by atoms with E-state index in [9.17, 15) is 4.57 Å². The Morgan fingerprint density at radius 3 is 1.71 bits per heavy atom. The van der Waals surface area contributed by atoms with E-state index in [-0.39, 0.29) is 18.9 Å². The number of phosphoric acid groups is 1. The first kappa shape index (κ1) is 11.1. The van der Waals surface area contributed by atoms with Crippen molar-refractivity contribution in [3.8, 4) is 0 Å². The van der Waals surface area contributed by atoms with Crippen molar-refractivity contribution in [1.29, 1.82) is 0 Å². The Bertz CT molecular complexity index is 75.8. The van der Waals surface area contributed by atoms with Gasteiger partial charge in [-0.15, -0.1) is 0 Å². The van der Waals surface area contributed by atoms with Crippen LogP contribution in [0.1, 0.15) is 0 Å². The second-order valence-corrected chi connectivity index (χ2v) is 2.27. The molecule has 0 aliphatic rings. The number of hydrogen-bond acceptors (Lipinski definition) is 2. The van der Waals surface area contributed by atoms with E-state index in [1.807, 2.05) is 0 Å². The first-order valence-corrected chi connectivity index (χ1v) is 2.89. The molecule has 41 valence electrons. The van der Waals surface area contributed by atoms with Gasteiger partial charge in [-0.05, 0) is 0 Å². The van der Waals surface area contributed by atoms with Crippen LogP contribution in [0.3, 0.4) is 0 Å². The fraction of sp³-hybridized carbons (Fsp3) is 0. The summed E-state index contributed by atoms with van der Waals surface area (Å²) >= 11 is 2.49. The maximum absolute atomic E-state index is 9.41. The van der Waals surface area contributed by atoms with Crippen LogP contribution in [0.5, 0.6) is 0 Å². The molecule has 0 aromatic heterocycles. The van der Waals surface area contributed by atoms with E-state index in [0.29, 0.717) is 0 Å². The van der Waals surface area contributed by atoms with Crippen LogP contribution in [0.25, 0.3) is 0 Å². The molecule has 0 saturated carbocycles. The molecule has 0 aliphatic heterocycles. The van der Waals surface area contributed by atoms with Crippen molar-refractivity contribution < 1.29 is 34.3 Å². The molecule has 0 saturated heterocycles. The molecule has 0 spiro atoms. The van der Waals surface area contributed by atoms with Gasteiger partial charge in [0.05, 0.1) is 0 Å². The second-order valence-electron chi connectivity index (χ2n) is 0.555. The third-order valence-electron chi connectivity index (χ3n) is 0.0841. The normalized spacial score (nSPS) is 10.1. The summed E-state index contributed by atoms with van der Waals surface area (Å²) in [6, 6.07) is 0. The summed E-state index contributed by atoms with van der Waals surface area (Å²) in [6.45, 7) is 0. The van der Waals surface area contributed by atoms with Gasteiger partial charge in [0.1, 0.15) is 0 Å². The fourth-order valence-electron chi connectivity index (χ4n) is 0. The van der Waals surface area contributed by atoms with Gasteiger partial charge in [-0.2, -0.15) is 0 Å². The summed E-state index contributed by atoms with van der Waals surface area (Å²) in [5.74, 6) is 0. The molecule has 2 N–H and O–H groups in total. The number of rotatable bonds is 1. The van der Waals surface area contributed by atoms with E-state index in [1.165, 1.54) is 0 Å². The molecule has 0 fully saturated rings. The van der Waals surface area contributed by atoms with Crippen molar-refractivity contribution in [1.82, 2.24) is 0 Å². The summed E-state index contributed by atoms with van der Waals surface area (Å²) < 4.78 is 12.8. The van der Waals surface area contributed by atoms with Gasteiger partial charge in [-0.1, -0.05) is 0 Å². The molecule has 7 heteroatoms. The molecule has 0 radical (unpaired) electrons. The third kappa shape index (κ3) is 11.1. The fourth-order valence-corrected chi connectivity index (χ4v) is 0. The van der Waals surface area contributed by atoms with Crippen LogP contribution in [0, 0.1) is 0 Å². The monoisotopic (exact) mass is 161 g/mol. The predicted octanol–water partition coefficient (Wildman–Crippen LogP) is -1.09. The quantitative estimate of drug-likeness (QED) is 0.378. The topological polar surface area (TPSA) is 66.8 Å². The van der Waals surface area contributed by atoms with E-state index < -0.39 is 7.82 Å². The van der Waals surface area contributed by atoms with Gasteiger partial charge in [0.2, 0.25) is 0 Å². The molecule has 4 nitrogen and oxygen atoms in total. The molecule has 7 heavy (non-hydrogen) atoms. The van der Waals surface area contributed by atoms with Gasteiger partial charge >= 0.3 is 61.0 Å². The van der Waals surface area contributed by atoms with E-state index in [2.05, 4.69) is 19.9 Å². The van der Waals surface area contributed by atoms with Gasteiger partial charge in [0.25, 0.3) is 0 Å². The molecule has 0 bridgehead atoms. The average molecular weight is 161 g/mol. The Morgan fingerprint density at radius 1 is 1.57 bits per heavy atom. The van der Waals surface area contributed by atoms with E-state index in [4.69, 9.17) is 9.79 Å². The molecular formula is H3FeLiO4P. The van der Waals surface area contributed by atoms with Crippen molar-refractivity contribution >= 4 is 26.7 Å². The van der Waals surface area contributed by atoms with Crippen LogP contribution in [-0.4, -0.2) is 28.6 Å². The average Bonchev–Trinajstić information content (AvgIpc) is 1.35. The van der Waals surface area contributed by atoms with Crippen molar-refractivity contribution in [2.45, 2.75) is 0 Å². The van der Waals surface area contributed by atoms with Crippen molar-refractivity contribution in [3.63, 3.8) is 0 Å². The van der Waals surface area contributed by atoms with Crippen LogP contribution >= 0.6 is 7.82 Å². The van der Waals surface area contributed by atoms with E-state index in [1.54, 1.807) is 0 Å². The van der Waals surface area contributed by atoms with Gasteiger partial charge in [0, 0.05) is 0 Å². The van der Waals surface area contributed by atoms with E-state index in [0.717, 1.165) is 0 Å². The first-order chi connectivity index (χ1) is 2.56. The molecule has 0 aromatic carbocycles. The zero-order valence-corrected chi connectivity index (χ0v) is 4.51. The Hall–Kier alpha value is 1.23. The first-order valence-electron chi connectivity index (χ1n) is 0.909. The molecule has 0 rings (SSSR count). The molecule has 0 amide bonds. The molecule has 0 aromatic rings. The zero-order chi connectivity index (χ0) is 5.21. The minimum absolute atomic E-state index is 0. The summed E-state index contributed by atoms with van der Waals surface area (Å²) in [5.41, 5.74) is 0. The zero-order valence-electron chi connectivity index (χ0n) is 2.51. The maximum atomic E-state index is 9.41. The second kappa shape index (κ2) is 4.14. The molecular weight excluding hydrogens is 158 g/mol. The summed E-state index contributed by atoms with van der Waals surface area (Å²) in [7, 11) is -4.26. The molecule has 0 heterocycles. The van der Waals surface area contributed by atoms with Crippen LogP contribution < -0.4 is 0 Å². The SMILES string of the molecule is O=P(O)(O)[O][Fe].[LiH]. The van der Waals surface area contributed by atoms with Gasteiger partial charge in [-0.25, -0.2) is 0 Å². The summed E-state index contributed by atoms with van der Waals surface area (Å²) in [6.07, 6.45) is 0. The number of hydrogen-bond donors (Lipinski definition) is 2. The molecule has 0 atom stereocenters. The summed E-state index contributed by atoms with van der Waals surface area (Å²) in [5, 5.41) is 0. The predicted molar refractivity (Wildman–Crippen MR) is 20.3 cm³/mol. The van der Waals surface area contributed by atoms with Crippen molar-refractivity contribution in [2.24, 2.45) is 0 Å². The van der Waals surface area contributed by atoms with Gasteiger partial charge < -0.3 is 0 Å². The van der Waals surface area contributed by atoms with Crippen LogP contribution in [0.2, 0.25) is 0 Å². The standard InChI is InChI=1S/Fe.Li.H3O4P.H/c;;1-5(2,3)4;/h;;(H3,1,2,3,4);/q+1;;;/p-1. The Labute approximate surface area is 61.2 Å². The Balaban J connectivity index is 0. The summed E-state index contributed by atoms with van der Waals surface area (Å²) in [4.78, 5) is 15.3. The molecule has 0 unspecified atom stereocenters. The van der Waals surface area contributed by atoms with Crippen molar-refractivity contribution in [2.75, 3.05) is 0 Å². The van der Waals surface area contributed by atoms with Gasteiger partial charge in [-0.3, -0.25) is 0 Å².